The molecule has 0 aliphatic carbocycles. The molecule has 0 fully saturated rings. The summed E-state index contributed by atoms with van der Waals surface area (Å²) in [6, 6.07) is 0. The Hall–Kier alpha value is -0.317. The summed E-state index contributed by atoms with van der Waals surface area (Å²) in [4.78, 5) is 32.2. The smallest absolute Gasteiger partial charge is 0.550 e. The van der Waals surface area contributed by atoms with Crippen LogP contribution >= 0.6 is 0 Å². The monoisotopic (exact) mass is 677 g/mol. The molecule has 0 N–H and O–H groups in total. The summed E-state index contributed by atoms with van der Waals surface area (Å²) in [5.41, 5.74) is -1.83. The maximum Gasteiger partial charge on any atom is 3.00 e. The maximum absolute atomic E-state index is 10.8. The number of rotatable bonds is 18. The molecule has 223 valence electrons. The molecule has 2 atom stereocenters. The minimum Gasteiger partial charge on any atom is -0.550 e. The van der Waals surface area contributed by atoms with Crippen LogP contribution in [0.2, 0.25) is 0 Å². The van der Waals surface area contributed by atoms with Gasteiger partial charge in [-0.3, -0.25) is 0 Å². The fourth-order valence-electron chi connectivity index (χ4n) is 3.99. The van der Waals surface area contributed by atoms with E-state index in [1.54, 1.807) is 27.7 Å². The molecule has 0 aliphatic rings. The third-order valence-electron chi connectivity index (χ3n) is 6.96. The normalized spacial score (nSPS) is 13.9. The van der Waals surface area contributed by atoms with Gasteiger partial charge in [-0.1, -0.05) is 127 Å². The van der Waals surface area contributed by atoms with Gasteiger partial charge < -0.3 is 29.7 Å². The van der Waals surface area contributed by atoms with Gasteiger partial charge in [0, 0.05) is 34.2 Å². The molecule has 0 aromatic heterocycles. The Bertz CT molecular complexity index is 559. The van der Waals surface area contributed by atoms with Crippen molar-refractivity contribution >= 4 is 17.9 Å². The van der Waals surface area contributed by atoms with Crippen LogP contribution in [-0.2, 0) is 14.4 Å². The number of carbonyl (C=O) groups excluding carboxylic acids is 3. The first-order valence-corrected chi connectivity index (χ1v) is 14.3. The second kappa shape index (κ2) is 24.7. The van der Waals surface area contributed by atoms with Gasteiger partial charge in [-0.2, -0.15) is 0 Å². The Balaban J connectivity index is -0.000000218. The van der Waals surface area contributed by atoms with E-state index in [2.05, 4.69) is 20.8 Å². The molecule has 0 amide bonds. The van der Waals surface area contributed by atoms with Crippen molar-refractivity contribution in [2.75, 3.05) is 0 Å². The Morgan fingerprint density at radius 1 is 0.459 bits per heavy atom. The van der Waals surface area contributed by atoms with Crippen molar-refractivity contribution in [1.82, 2.24) is 0 Å². The fraction of sp³-hybridized carbons (Fsp3) is 0.900. The second-order valence-electron chi connectivity index (χ2n) is 11.4. The van der Waals surface area contributed by atoms with Crippen molar-refractivity contribution in [2.45, 2.75) is 159 Å². The second-order valence-corrected chi connectivity index (χ2v) is 11.4. The zero-order valence-corrected chi connectivity index (χ0v) is 27.4. The van der Waals surface area contributed by atoms with E-state index in [-0.39, 0.29) is 38.2 Å². The quantitative estimate of drug-likeness (QED) is 0.184. The largest absolute Gasteiger partial charge is 3.00 e. The number of hydrogen-bond donors (Lipinski definition) is 0. The SMILES string of the molecule is CCCCC(C)(CCC)C(=O)[O-].CCCCC(C)(CCC)C(=O)[O-].CCCCCCC(C)(C)C(=O)[O-].[Dy+3]. The van der Waals surface area contributed by atoms with Crippen LogP contribution in [0.1, 0.15) is 159 Å². The van der Waals surface area contributed by atoms with Crippen LogP contribution in [0.5, 0.6) is 0 Å². The predicted molar refractivity (Wildman–Crippen MR) is 143 cm³/mol. The minimum atomic E-state index is -0.931. The number of unbranched alkanes of at least 4 members (excludes halogenated alkanes) is 5. The topological polar surface area (TPSA) is 120 Å². The van der Waals surface area contributed by atoms with Gasteiger partial charge in [0.1, 0.15) is 0 Å². The van der Waals surface area contributed by atoms with Crippen molar-refractivity contribution in [1.29, 1.82) is 0 Å². The van der Waals surface area contributed by atoms with E-state index < -0.39 is 34.2 Å². The van der Waals surface area contributed by atoms with E-state index in [9.17, 15) is 29.7 Å². The van der Waals surface area contributed by atoms with E-state index in [4.69, 9.17) is 0 Å². The van der Waals surface area contributed by atoms with E-state index >= 15 is 0 Å². The molecule has 7 heteroatoms. The van der Waals surface area contributed by atoms with Crippen LogP contribution in [0, 0.1) is 54.4 Å². The number of aliphatic carboxylic acids is 3. The molecule has 0 heterocycles. The van der Waals surface area contributed by atoms with E-state index in [1.165, 1.54) is 12.8 Å². The van der Waals surface area contributed by atoms with Crippen LogP contribution in [0.25, 0.3) is 0 Å². The maximum atomic E-state index is 10.8. The predicted octanol–water partition coefficient (Wildman–Crippen LogP) is 5.20. The van der Waals surface area contributed by atoms with Gasteiger partial charge in [0.05, 0.1) is 0 Å². The van der Waals surface area contributed by atoms with Gasteiger partial charge >= 0.3 is 38.2 Å². The van der Waals surface area contributed by atoms with Gasteiger partial charge in [-0.05, 0) is 32.1 Å². The number of hydrogen-bond acceptors (Lipinski definition) is 6. The van der Waals surface area contributed by atoms with Gasteiger partial charge in [0.25, 0.3) is 0 Å². The third kappa shape index (κ3) is 22.2. The van der Waals surface area contributed by atoms with Gasteiger partial charge in [0.15, 0.2) is 0 Å². The molecule has 0 saturated heterocycles. The molecule has 0 bridgehead atoms. The van der Waals surface area contributed by atoms with Crippen molar-refractivity contribution in [3.8, 4) is 0 Å². The summed E-state index contributed by atoms with van der Waals surface area (Å²) in [5, 5.41) is 32.2. The van der Waals surface area contributed by atoms with Crippen molar-refractivity contribution in [2.24, 2.45) is 16.2 Å². The average molecular weight is 676 g/mol. The van der Waals surface area contributed by atoms with Crippen molar-refractivity contribution in [3.63, 3.8) is 0 Å². The molecule has 0 saturated carbocycles. The molecular weight excluding hydrogens is 619 g/mol. The Kier molecular flexibility index (Phi) is 29.2. The first kappa shape index (κ1) is 43.7. The fourth-order valence-corrected chi connectivity index (χ4v) is 3.99. The van der Waals surface area contributed by atoms with E-state index in [1.807, 2.05) is 13.8 Å². The summed E-state index contributed by atoms with van der Waals surface area (Å²) >= 11 is 0. The standard InChI is InChI=1S/3C10H20O2.Dy/c1-4-5-6-7-8-10(2,3)9(11)12;2*1-4-6-8-10(3,7-5-2)9(11)12;/h3*4-8H2,1-3H3,(H,11,12);/q;;;+3/p-3. The zero-order chi connectivity index (χ0) is 28.8. The summed E-state index contributed by atoms with van der Waals surface area (Å²) in [6.07, 6.45) is 14.1. The molecule has 37 heavy (non-hydrogen) atoms. The number of carboxylic acids is 3. The third-order valence-corrected chi connectivity index (χ3v) is 6.96. The number of carbonyl (C=O) groups is 3. The average Bonchev–Trinajstić information content (AvgIpc) is 2.80. The Morgan fingerprint density at radius 3 is 1.05 bits per heavy atom. The zero-order valence-electron chi connectivity index (χ0n) is 25.4. The van der Waals surface area contributed by atoms with E-state index in [0.29, 0.717) is 0 Å². The molecule has 0 aromatic carbocycles. The summed E-state index contributed by atoms with van der Waals surface area (Å²) in [7, 11) is 0. The van der Waals surface area contributed by atoms with E-state index in [0.717, 1.165) is 83.5 Å². The Labute approximate surface area is 259 Å². The molecular formula is C30H57DyO6. The van der Waals surface area contributed by atoms with Crippen molar-refractivity contribution in [3.05, 3.63) is 0 Å². The first-order chi connectivity index (χ1) is 16.6. The van der Waals surface area contributed by atoms with Crippen LogP contribution < -0.4 is 15.3 Å². The summed E-state index contributed by atoms with van der Waals surface area (Å²) in [6.45, 7) is 17.3. The van der Waals surface area contributed by atoms with Crippen LogP contribution in [0.4, 0.5) is 0 Å². The Morgan fingerprint density at radius 2 is 0.811 bits per heavy atom. The van der Waals surface area contributed by atoms with Crippen LogP contribution in [0.15, 0.2) is 0 Å². The summed E-state index contributed by atoms with van der Waals surface area (Å²) in [5.74, 6) is -2.71. The van der Waals surface area contributed by atoms with Gasteiger partial charge in [-0.25, -0.2) is 0 Å². The van der Waals surface area contributed by atoms with Gasteiger partial charge in [-0.15, -0.1) is 0 Å². The molecule has 0 rings (SSSR count). The molecule has 0 spiro atoms. The van der Waals surface area contributed by atoms with Crippen LogP contribution in [0.3, 0.4) is 0 Å². The van der Waals surface area contributed by atoms with Crippen molar-refractivity contribution < 1.29 is 67.9 Å². The summed E-state index contributed by atoms with van der Waals surface area (Å²) < 4.78 is 0. The minimum absolute atomic E-state index is 0. The van der Waals surface area contributed by atoms with Crippen LogP contribution in [-0.4, -0.2) is 17.9 Å². The molecule has 6 nitrogen and oxygen atoms in total. The first-order valence-electron chi connectivity index (χ1n) is 14.3. The molecule has 2 unspecified atom stereocenters. The molecule has 0 aliphatic heterocycles. The molecule has 1 radical (unpaired) electrons. The number of carboxylic acid groups (broad SMARTS) is 3. The molecule has 0 aromatic rings. The van der Waals surface area contributed by atoms with Gasteiger partial charge in [0.2, 0.25) is 0 Å².